The van der Waals surface area contributed by atoms with Gasteiger partial charge in [-0.2, -0.15) is 0 Å². The number of hydrogen-bond acceptors (Lipinski definition) is 4. The van der Waals surface area contributed by atoms with Crippen molar-refractivity contribution in [3.05, 3.63) is 48.1 Å². The number of carboxylic acid groups (broad SMARTS) is 1. The van der Waals surface area contributed by atoms with Crippen LogP contribution in [0, 0.1) is 11.8 Å². The number of aliphatic imine (C=N–C) groups is 1. The summed E-state index contributed by atoms with van der Waals surface area (Å²) in [5, 5.41) is 31.7. The number of aliphatic hydroxyl groups is 2. The van der Waals surface area contributed by atoms with Crippen molar-refractivity contribution in [1.29, 1.82) is 0 Å². The van der Waals surface area contributed by atoms with E-state index in [0.717, 1.165) is 69.8 Å². The molecule has 0 aromatic carbocycles. The van der Waals surface area contributed by atoms with E-state index in [9.17, 15) is 15.0 Å². The van der Waals surface area contributed by atoms with Crippen LogP contribution >= 0.6 is 0 Å². The minimum absolute atomic E-state index is 0.0514. The molecule has 6 N–H and O–H groups in total. The molecule has 4 unspecified atom stereocenters. The molecule has 0 aliphatic heterocycles. The lowest BCUT2D eigenvalue weighted by Crippen LogP contribution is -2.43. The van der Waals surface area contributed by atoms with Crippen molar-refractivity contribution in [3.63, 3.8) is 0 Å². The number of unbranched alkanes of at least 4 members (excludes halogenated alkanes) is 5. The largest absolute Gasteiger partial charge is 0.479 e. The molecule has 210 valence electrons. The van der Waals surface area contributed by atoms with Gasteiger partial charge in [-0.3, -0.25) is 0 Å². The van der Waals surface area contributed by atoms with Crippen LogP contribution in [0.15, 0.2) is 53.1 Å². The van der Waals surface area contributed by atoms with Crippen LogP contribution in [0.25, 0.3) is 0 Å². The molecule has 0 spiro atoms. The molecule has 1 rings (SSSR count). The smallest absolute Gasteiger partial charge is 0.330 e. The lowest BCUT2D eigenvalue weighted by atomic mass is 9.83. The first-order valence-electron chi connectivity index (χ1n) is 14.2. The molecule has 37 heavy (non-hydrogen) atoms. The van der Waals surface area contributed by atoms with Gasteiger partial charge in [0.2, 0.25) is 0 Å². The van der Waals surface area contributed by atoms with Crippen LogP contribution in [0.2, 0.25) is 0 Å². The average Bonchev–Trinajstić information content (AvgIpc) is 2.87. The maximum atomic E-state index is 11.9. The Bertz CT molecular complexity index is 773. The maximum Gasteiger partial charge on any atom is 0.330 e. The molecule has 0 bridgehead atoms. The monoisotopic (exact) mass is 517 g/mol. The van der Waals surface area contributed by atoms with Gasteiger partial charge >= 0.3 is 5.97 Å². The standard InChI is InChI=1S/C30H51N3O4/c1-3-4-5-8-19-27(35)20-13-21-32-30(31)33-28(29(36)37)23-25(15-7-6-11-22-34)16-12-18-26-17-10-9-14-24(26)2/h10,12-13,16-17,20,23-24,26-28,34-35H,3-9,11,14-15,18-19,21-22H2,1-2H3,(H,36,37)(H3,31,32,33). The Morgan fingerprint density at radius 2 is 1.97 bits per heavy atom. The fourth-order valence-electron chi connectivity index (χ4n) is 4.40. The van der Waals surface area contributed by atoms with Gasteiger partial charge in [0.05, 0.1) is 12.6 Å². The first-order valence-corrected chi connectivity index (χ1v) is 14.2. The van der Waals surface area contributed by atoms with Crippen molar-refractivity contribution in [2.45, 2.75) is 103 Å². The van der Waals surface area contributed by atoms with Gasteiger partial charge in [0, 0.05) is 6.61 Å². The predicted octanol–water partition coefficient (Wildman–Crippen LogP) is 5.26. The second-order valence-electron chi connectivity index (χ2n) is 10.1. The molecule has 0 aromatic rings. The van der Waals surface area contributed by atoms with Crippen LogP contribution in [0.5, 0.6) is 0 Å². The average molecular weight is 518 g/mol. The minimum atomic E-state index is -1.03. The third-order valence-corrected chi connectivity index (χ3v) is 6.80. The number of carboxylic acids is 1. The third-order valence-electron chi connectivity index (χ3n) is 6.80. The molecule has 0 radical (unpaired) electrons. The SMILES string of the molecule is CCCCCCC(O)C=CCN=C(N)NC(C=C(C=CCC1C=CCCC1C)CCCCCO)C(=O)O. The van der Waals surface area contributed by atoms with E-state index in [1.165, 1.54) is 12.8 Å². The second kappa shape index (κ2) is 20.7. The quantitative estimate of drug-likeness (QED) is 0.0523. The van der Waals surface area contributed by atoms with E-state index in [1.54, 1.807) is 18.2 Å². The molecule has 4 atom stereocenters. The summed E-state index contributed by atoms with van der Waals surface area (Å²) in [6.45, 7) is 4.87. The van der Waals surface area contributed by atoms with Crippen LogP contribution in [0.1, 0.15) is 90.9 Å². The fraction of sp³-hybridized carbons (Fsp3) is 0.667. The van der Waals surface area contributed by atoms with Gasteiger partial charge in [0.15, 0.2) is 5.96 Å². The van der Waals surface area contributed by atoms with Crippen LogP contribution < -0.4 is 11.1 Å². The highest BCUT2D eigenvalue weighted by atomic mass is 16.4. The van der Waals surface area contributed by atoms with Crippen molar-refractivity contribution in [3.8, 4) is 0 Å². The molecule has 0 heterocycles. The Kier molecular flexibility index (Phi) is 18.2. The lowest BCUT2D eigenvalue weighted by molar-refractivity contribution is -0.137. The van der Waals surface area contributed by atoms with E-state index in [4.69, 9.17) is 10.8 Å². The van der Waals surface area contributed by atoms with Crippen molar-refractivity contribution in [2.24, 2.45) is 22.6 Å². The van der Waals surface area contributed by atoms with Gasteiger partial charge in [-0.05, 0) is 68.4 Å². The number of aliphatic carboxylic acids is 1. The molecule has 7 heteroatoms. The molecule has 0 saturated carbocycles. The number of hydrogen-bond donors (Lipinski definition) is 5. The van der Waals surface area contributed by atoms with Crippen molar-refractivity contribution < 1.29 is 20.1 Å². The molecular formula is C30H51N3O4. The third kappa shape index (κ3) is 16.2. The number of carbonyl (C=O) groups is 1. The fourth-order valence-corrected chi connectivity index (χ4v) is 4.40. The Hall–Kier alpha value is -2.38. The van der Waals surface area contributed by atoms with Crippen molar-refractivity contribution in [2.75, 3.05) is 13.2 Å². The number of nitrogens with one attached hydrogen (secondary N) is 1. The second-order valence-corrected chi connectivity index (χ2v) is 10.1. The van der Waals surface area contributed by atoms with Crippen molar-refractivity contribution in [1.82, 2.24) is 5.32 Å². The molecule has 0 aromatic heterocycles. The zero-order chi connectivity index (χ0) is 27.3. The van der Waals surface area contributed by atoms with Gasteiger partial charge in [0.25, 0.3) is 0 Å². The number of nitrogens with two attached hydrogens (primary N) is 1. The Morgan fingerprint density at radius 1 is 1.19 bits per heavy atom. The van der Waals surface area contributed by atoms with Gasteiger partial charge in [0.1, 0.15) is 6.04 Å². The molecular weight excluding hydrogens is 466 g/mol. The molecule has 0 fully saturated rings. The topological polar surface area (TPSA) is 128 Å². The molecule has 7 nitrogen and oxygen atoms in total. The highest BCUT2D eigenvalue weighted by Crippen LogP contribution is 2.27. The normalized spacial score (nSPS) is 20.5. The van der Waals surface area contributed by atoms with E-state index in [2.05, 4.69) is 42.4 Å². The maximum absolute atomic E-state index is 11.9. The summed E-state index contributed by atoms with van der Waals surface area (Å²) in [5.41, 5.74) is 6.90. The number of nitrogens with zero attached hydrogens (tertiary/aromatic N) is 1. The number of allylic oxidation sites excluding steroid dienone is 5. The summed E-state index contributed by atoms with van der Waals surface area (Å²) >= 11 is 0. The molecule has 0 amide bonds. The zero-order valence-electron chi connectivity index (χ0n) is 23.0. The first kappa shape index (κ1) is 32.6. The van der Waals surface area contributed by atoms with E-state index in [1.807, 2.05) is 6.08 Å². The summed E-state index contributed by atoms with van der Waals surface area (Å²) in [4.78, 5) is 16.1. The summed E-state index contributed by atoms with van der Waals surface area (Å²) in [5.74, 6) is 0.184. The Balaban J connectivity index is 2.74. The Labute approximate surface area is 224 Å². The van der Waals surface area contributed by atoms with Crippen LogP contribution in [0.3, 0.4) is 0 Å². The van der Waals surface area contributed by atoms with Gasteiger partial charge in [-0.15, -0.1) is 0 Å². The number of aliphatic hydroxyl groups excluding tert-OH is 2. The number of rotatable bonds is 19. The summed E-state index contributed by atoms with van der Waals surface area (Å²) in [6.07, 6.45) is 25.1. The minimum Gasteiger partial charge on any atom is -0.479 e. The summed E-state index contributed by atoms with van der Waals surface area (Å²) in [7, 11) is 0. The lowest BCUT2D eigenvalue weighted by Gasteiger charge is -2.22. The van der Waals surface area contributed by atoms with Crippen LogP contribution in [0.4, 0.5) is 0 Å². The van der Waals surface area contributed by atoms with E-state index < -0.39 is 18.1 Å². The highest BCUT2D eigenvalue weighted by Gasteiger charge is 2.17. The molecule has 0 saturated heterocycles. The molecule has 1 aliphatic carbocycles. The van der Waals surface area contributed by atoms with Gasteiger partial charge in [-0.1, -0.05) is 82.4 Å². The summed E-state index contributed by atoms with van der Waals surface area (Å²) in [6, 6.07) is -0.997. The zero-order valence-corrected chi connectivity index (χ0v) is 23.0. The summed E-state index contributed by atoms with van der Waals surface area (Å²) < 4.78 is 0. The first-order chi connectivity index (χ1) is 17.9. The van der Waals surface area contributed by atoms with E-state index in [0.29, 0.717) is 11.8 Å². The molecule has 1 aliphatic rings. The van der Waals surface area contributed by atoms with E-state index in [-0.39, 0.29) is 19.1 Å². The van der Waals surface area contributed by atoms with Gasteiger partial charge in [-0.25, -0.2) is 9.79 Å². The number of guanidine groups is 1. The predicted molar refractivity (Wildman–Crippen MR) is 153 cm³/mol. The Morgan fingerprint density at radius 3 is 2.68 bits per heavy atom. The van der Waals surface area contributed by atoms with Crippen molar-refractivity contribution >= 4 is 11.9 Å². The van der Waals surface area contributed by atoms with E-state index >= 15 is 0 Å². The van der Waals surface area contributed by atoms with Crippen LogP contribution in [-0.4, -0.2) is 52.5 Å². The van der Waals surface area contributed by atoms with Gasteiger partial charge < -0.3 is 26.4 Å². The van der Waals surface area contributed by atoms with Crippen LogP contribution in [-0.2, 0) is 4.79 Å². The highest BCUT2D eigenvalue weighted by molar-refractivity contribution is 5.86.